The summed E-state index contributed by atoms with van der Waals surface area (Å²) >= 11 is 0. The van der Waals surface area contributed by atoms with Crippen molar-refractivity contribution < 1.29 is 9.21 Å². The number of hydrogen-bond acceptors (Lipinski definition) is 5. The van der Waals surface area contributed by atoms with E-state index in [-0.39, 0.29) is 5.91 Å². The first kappa shape index (κ1) is 14.2. The molecule has 8 heteroatoms. The number of aromatic nitrogens is 4. The minimum absolute atomic E-state index is 0.270. The fourth-order valence-electron chi connectivity index (χ4n) is 2.58. The van der Waals surface area contributed by atoms with Gasteiger partial charge in [0.1, 0.15) is 5.52 Å². The Balaban J connectivity index is 1.63. The molecule has 2 N–H and O–H groups in total. The fourth-order valence-corrected chi connectivity index (χ4v) is 2.58. The zero-order chi connectivity index (χ0) is 16.7. The van der Waals surface area contributed by atoms with Crippen LogP contribution in [0.15, 0.2) is 45.6 Å². The number of carbonyl (C=O) groups is 1. The van der Waals surface area contributed by atoms with Crippen LogP contribution in [0.5, 0.6) is 0 Å². The molecule has 1 amide bonds. The summed E-state index contributed by atoms with van der Waals surface area (Å²) < 4.78 is 6.70. The van der Waals surface area contributed by atoms with Crippen LogP contribution in [0.4, 0.5) is 5.69 Å². The molecule has 0 aliphatic carbocycles. The van der Waals surface area contributed by atoms with E-state index in [1.807, 2.05) is 13.0 Å². The minimum Gasteiger partial charge on any atom is -0.408 e. The second kappa shape index (κ2) is 5.34. The van der Waals surface area contributed by atoms with Gasteiger partial charge < -0.3 is 9.73 Å². The maximum absolute atomic E-state index is 12.4. The van der Waals surface area contributed by atoms with E-state index in [1.54, 1.807) is 35.0 Å². The topological polar surface area (TPSA) is 106 Å². The van der Waals surface area contributed by atoms with Crippen molar-refractivity contribution in [1.29, 1.82) is 0 Å². The van der Waals surface area contributed by atoms with Crippen LogP contribution in [-0.4, -0.2) is 25.9 Å². The number of H-pyrrole nitrogens is 1. The van der Waals surface area contributed by atoms with Crippen LogP contribution < -0.4 is 11.1 Å². The number of aromatic amines is 1. The summed E-state index contributed by atoms with van der Waals surface area (Å²) in [6.07, 6.45) is 0. The molecule has 120 valence electrons. The summed E-state index contributed by atoms with van der Waals surface area (Å²) in [5.74, 6) is -0.800. The van der Waals surface area contributed by atoms with Crippen LogP contribution in [0.25, 0.3) is 22.1 Å². The van der Waals surface area contributed by atoms with Crippen molar-refractivity contribution in [3.8, 4) is 0 Å². The highest BCUT2D eigenvalue weighted by molar-refractivity contribution is 6.06. The Kier molecular flexibility index (Phi) is 3.16. The highest BCUT2D eigenvalue weighted by Gasteiger charge is 2.11. The van der Waals surface area contributed by atoms with Crippen molar-refractivity contribution in [3.63, 3.8) is 0 Å². The number of benzene rings is 2. The van der Waals surface area contributed by atoms with Crippen LogP contribution in [0.3, 0.4) is 0 Å². The largest absolute Gasteiger partial charge is 0.417 e. The predicted octanol–water partition coefficient (Wildman–Crippen LogP) is 2.14. The zero-order valence-electron chi connectivity index (χ0n) is 12.7. The number of fused-ring (bicyclic) bond motifs is 2. The van der Waals surface area contributed by atoms with Gasteiger partial charge in [-0.1, -0.05) is 5.21 Å². The van der Waals surface area contributed by atoms with Gasteiger partial charge in [-0.05, 0) is 43.3 Å². The zero-order valence-corrected chi connectivity index (χ0v) is 12.7. The molecule has 0 radical (unpaired) electrons. The molecular weight excluding hydrogens is 310 g/mol. The molecule has 0 unspecified atom stereocenters. The second-order valence-electron chi connectivity index (χ2n) is 5.29. The summed E-state index contributed by atoms with van der Waals surface area (Å²) in [6, 6.07) is 10.2. The summed E-state index contributed by atoms with van der Waals surface area (Å²) in [7, 11) is 0. The maximum Gasteiger partial charge on any atom is 0.417 e. The fraction of sp³-hybridized carbons (Fsp3) is 0.125. The highest BCUT2D eigenvalue weighted by Crippen LogP contribution is 2.18. The number of aryl methyl sites for hydroxylation is 1. The van der Waals surface area contributed by atoms with E-state index < -0.39 is 5.76 Å². The Morgan fingerprint density at radius 2 is 2.17 bits per heavy atom. The molecule has 0 aliphatic rings. The Bertz CT molecular complexity index is 1120. The van der Waals surface area contributed by atoms with Crippen molar-refractivity contribution in [2.45, 2.75) is 13.5 Å². The summed E-state index contributed by atoms with van der Waals surface area (Å²) in [5, 5.41) is 10.9. The molecule has 0 bridgehead atoms. The van der Waals surface area contributed by atoms with E-state index in [0.29, 0.717) is 34.4 Å². The van der Waals surface area contributed by atoms with E-state index in [1.165, 1.54) is 0 Å². The Labute approximate surface area is 135 Å². The van der Waals surface area contributed by atoms with Gasteiger partial charge in [-0.2, -0.15) is 0 Å². The molecule has 2 aromatic heterocycles. The first-order valence-corrected chi connectivity index (χ1v) is 7.41. The molecule has 0 saturated carbocycles. The first-order chi connectivity index (χ1) is 11.6. The molecule has 4 rings (SSSR count). The van der Waals surface area contributed by atoms with Crippen molar-refractivity contribution in [3.05, 3.63) is 52.5 Å². The lowest BCUT2D eigenvalue weighted by Gasteiger charge is -2.05. The third-order valence-corrected chi connectivity index (χ3v) is 3.75. The van der Waals surface area contributed by atoms with Crippen molar-refractivity contribution >= 4 is 33.7 Å². The third-order valence-electron chi connectivity index (χ3n) is 3.75. The van der Waals surface area contributed by atoms with Gasteiger partial charge in [0.05, 0.1) is 11.0 Å². The lowest BCUT2D eigenvalue weighted by atomic mass is 10.1. The van der Waals surface area contributed by atoms with Gasteiger partial charge >= 0.3 is 5.76 Å². The number of nitrogens with zero attached hydrogens (tertiary/aromatic N) is 3. The van der Waals surface area contributed by atoms with Crippen molar-refractivity contribution in [2.24, 2.45) is 0 Å². The van der Waals surface area contributed by atoms with Gasteiger partial charge in [0.25, 0.3) is 5.91 Å². The van der Waals surface area contributed by atoms with Gasteiger partial charge in [-0.15, -0.1) is 5.10 Å². The number of carbonyl (C=O) groups excluding carboxylic acids is 1. The third kappa shape index (κ3) is 2.34. The molecular formula is C16H13N5O3. The highest BCUT2D eigenvalue weighted by atomic mass is 16.4. The summed E-state index contributed by atoms with van der Waals surface area (Å²) in [5.41, 5.74) is 3.55. The standard InChI is InChI=1S/C16H13N5O3/c1-2-21-13-5-3-9(7-11(13)19-20-21)15(22)17-10-4-6-14-12(8-10)18-16(23)24-14/h3-8H,2H2,1H3,(H,17,22)(H,18,23). The van der Waals surface area contributed by atoms with E-state index in [9.17, 15) is 9.59 Å². The molecule has 2 heterocycles. The SMILES string of the molecule is CCn1nnc2cc(C(=O)Nc3ccc4oc(=O)[nH]c4c3)ccc21. The Hall–Kier alpha value is -3.42. The second-order valence-corrected chi connectivity index (χ2v) is 5.29. The molecule has 2 aromatic carbocycles. The first-order valence-electron chi connectivity index (χ1n) is 7.41. The number of oxazole rings is 1. The minimum atomic E-state index is -0.530. The monoisotopic (exact) mass is 323 g/mol. The van der Waals surface area contributed by atoms with E-state index >= 15 is 0 Å². The maximum atomic E-state index is 12.4. The number of nitrogens with one attached hydrogen (secondary N) is 2. The quantitative estimate of drug-likeness (QED) is 0.601. The number of amides is 1. The molecule has 0 spiro atoms. The number of anilines is 1. The molecule has 0 saturated heterocycles. The van der Waals surface area contributed by atoms with Gasteiger partial charge in [0.2, 0.25) is 0 Å². The van der Waals surface area contributed by atoms with Gasteiger partial charge in [-0.25, -0.2) is 9.48 Å². The average molecular weight is 323 g/mol. The average Bonchev–Trinajstić information content (AvgIpc) is 3.15. The molecule has 4 aromatic rings. The molecule has 8 nitrogen and oxygen atoms in total. The predicted molar refractivity (Wildman–Crippen MR) is 88.0 cm³/mol. The smallest absolute Gasteiger partial charge is 0.408 e. The number of hydrogen-bond donors (Lipinski definition) is 2. The Morgan fingerprint density at radius 3 is 3.00 bits per heavy atom. The van der Waals surface area contributed by atoms with Crippen LogP contribution >= 0.6 is 0 Å². The molecule has 0 fully saturated rings. The normalized spacial score (nSPS) is 11.2. The van der Waals surface area contributed by atoms with Crippen molar-refractivity contribution in [1.82, 2.24) is 20.0 Å². The Morgan fingerprint density at radius 1 is 1.29 bits per heavy atom. The lowest BCUT2D eigenvalue weighted by Crippen LogP contribution is -2.11. The van der Waals surface area contributed by atoms with Crippen LogP contribution in [0.2, 0.25) is 0 Å². The summed E-state index contributed by atoms with van der Waals surface area (Å²) in [6.45, 7) is 2.69. The van der Waals surface area contributed by atoms with E-state index in [4.69, 9.17) is 4.42 Å². The molecule has 0 atom stereocenters. The van der Waals surface area contributed by atoms with Crippen molar-refractivity contribution in [2.75, 3.05) is 5.32 Å². The van der Waals surface area contributed by atoms with E-state index in [0.717, 1.165) is 5.52 Å². The molecule has 0 aliphatic heterocycles. The van der Waals surface area contributed by atoms with Gasteiger partial charge in [0.15, 0.2) is 5.58 Å². The molecule has 24 heavy (non-hydrogen) atoms. The van der Waals surface area contributed by atoms with Gasteiger partial charge in [0, 0.05) is 17.8 Å². The van der Waals surface area contributed by atoms with Crippen LogP contribution in [-0.2, 0) is 6.54 Å². The van der Waals surface area contributed by atoms with E-state index in [2.05, 4.69) is 20.6 Å². The summed E-state index contributed by atoms with van der Waals surface area (Å²) in [4.78, 5) is 26.1. The van der Waals surface area contributed by atoms with Crippen LogP contribution in [0, 0.1) is 0 Å². The number of rotatable bonds is 3. The lowest BCUT2D eigenvalue weighted by molar-refractivity contribution is 0.102. The van der Waals surface area contributed by atoms with Crippen LogP contribution in [0.1, 0.15) is 17.3 Å². The van der Waals surface area contributed by atoms with Gasteiger partial charge in [-0.3, -0.25) is 9.78 Å².